The molecule has 18 heavy (non-hydrogen) atoms. The highest BCUT2D eigenvalue weighted by Gasteiger charge is 2.35. The van der Waals surface area contributed by atoms with Crippen LogP contribution in [-0.4, -0.2) is 40.1 Å². The van der Waals surface area contributed by atoms with E-state index in [1.54, 1.807) is 0 Å². The van der Waals surface area contributed by atoms with Crippen molar-refractivity contribution in [3.05, 3.63) is 22.6 Å². The summed E-state index contributed by atoms with van der Waals surface area (Å²) in [5, 5.41) is 8.74. The van der Waals surface area contributed by atoms with Crippen LogP contribution in [0.2, 0.25) is 0 Å². The molecule has 8 heteroatoms. The average molecular weight is 271 g/mol. The number of thioether (sulfide) groups is 1. The van der Waals surface area contributed by atoms with Gasteiger partial charge >= 0.3 is 5.97 Å². The predicted molar refractivity (Wildman–Crippen MR) is 61.7 cm³/mol. The topological polar surface area (TPSA) is 97.0 Å². The Balaban J connectivity index is 2.10. The fourth-order valence-electron chi connectivity index (χ4n) is 1.32. The average Bonchev–Trinajstić information content (AvgIpc) is 2.65. The van der Waals surface area contributed by atoms with Gasteiger partial charge in [0.2, 0.25) is 5.43 Å². The van der Waals surface area contributed by atoms with E-state index in [0.717, 1.165) is 24.1 Å². The van der Waals surface area contributed by atoms with Crippen molar-refractivity contribution in [2.45, 2.75) is 6.04 Å². The number of ether oxygens (including phenoxy) is 1. The van der Waals surface area contributed by atoms with Crippen LogP contribution >= 0.6 is 11.8 Å². The molecule has 0 saturated carbocycles. The molecule has 1 aliphatic heterocycles. The zero-order valence-electron chi connectivity index (χ0n) is 9.28. The molecule has 96 valence electrons. The van der Waals surface area contributed by atoms with Crippen LogP contribution in [0.15, 0.2) is 21.5 Å². The number of hydrogen-bond donors (Lipinski definition) is 1. The van der Waals surface area contributed by atoms with E-state index in [1.165, 1.54) is 11.9 Å². The number of carbonyl (C=O) groups excluding carboxylic acids is 2. The Kier molecular flexibility index (Phi) is 3.28. The number of amides is 1. The summed E-state index contributed by atoms with van der Waals surface area (Å²) in [5.41, 5.74) is -0.714. The van der Waals surface area contributed by atoms with Gasteiger partial charge in [-0.1, -0.05) is 11.8 Å². The standard InChI is InChI=1S/C10H9NO6S/c1-11-5(4-18-10(11)15)9(14)17-8-2-6(12)7(13)3-16-8/h2-3,5,13H,4H2,1H3. The first-order chi connectivity index (χ1) is 8.49. The maximum Gasteiger partial charge on any atom is 0.337 e. The highest BCUT2D eigenvalue weighted by molar-refractivity contribution is 8.13. The van der Waals surface area contributed by atoms with Crippen molar-refractivity contribution in [2.24, 2.45) is 0 Å². The molecule has 0 bridgehead atoms. The fourth-order valence-corrected chi connectivity index (χ4v) is 2.32. The van der Waals surface area contributed by atoms with Gasteiger partial charge in [-0.05, 0) is 0 Å². The van der Waals surface area contributed by atoms with Crippen LogP contribution in [0, 0.1) is 0 Å². The SMILES string of the molecule is CN1C(=O)SCC1C(=O)Oc1cc(=O)c(O)co1. The first-order valence-electron chi connectivity index (χ1n) is 4.92. The summed E-state index contributed by atoms with van der Waals surface area (Å²) >= 11 is 1.01. The summed E-state index contributed by atoms with van der Waals surface area (Å²) in [4.78, 5) is 35.3. The van der Waals surface area contributed by atoms with Crippen LogP contribution in [0.1, 0.15) is 0 Å². The molecular formula is C10H9NO6S. The number of nitrogens with zero attached hydrogens (tertiary/aromatic N) is 1. The maximum atomic E-state index is 11.7. The number of rotatable bonds is 2. The monoisotopic (exact) mass is 271 g/mol. The molecular weight excluding hydrogens is 262 g/mol. The van der Waals surface area contributed by atoms with Crippen molar-refractivity contribution >= 4 is 23.0 Å². The molecule has 2 heterocycles. The van der Waals surface area contributed by atoms with E-state index in [-0.39, 0.29) is 16.9 Å². The van der Waals surface area contributed by atoms with Gasteiger partial charge in [-0.15, -0.1) is 0 Å². The zero-order chi connectivity index (χ0) is 13.3. The third-order valence-electron chi connectivity index (χ3n) is 2.38. The minimum Gasteiger partial charge on any atom is -0.502 e. The van der Waals surface area contributed by atoms with Crippen LogP contribution in [0.5, 0.6) is 11.7 Å². The second-order valence-electron chi connectivity index (χ2n) is 3.57. The Morgan fingerprint density at radius 1 is 1.61 bits per heavy atom. The molecule has 0 aromatic carbocycles. The third kappa shape index (κ3) is 2.33. The van der Waals surface area contributed by atoms with Crippen LogP contribution in [0.4, 0.5) is 4.79 Å². The lowest BCUT2D eigenvalue weighted by Crippen LogP contribution is -2.39. The molecule has 0 radical (unpaired) electrons. The largest absolute Gasteiger partial charge is 0.502 e. The molecule has 2 rings (SSSR count). The summed E-state index contributed by atoms with van der Waals surface area (Å²) in [6.07, 6.45) is 0.781. The number of carbonyl (C=O) groups is 2. The van der Waals surface area contributed by atoms with E-state index in [4.69, 9.17) is 14.3 Å². The molecule has 1 aromatic heterocycles. The Morgan fingerprint density at radius 3 is 2.89 bits per heavy atom. The van der Waals surface area contributed by atoms with Gasteiger partial charge in [-0.2, -0.15) is 0 Å². The lowest BCUT2D eigenvalue weighted by molar-refractivity contribution is -0.139. The van der Waals surface area contributed by atoms with Crippen molar-refractivity contribution < 1.29 is 23.8 Å². The molecule has 7 nitrogen and oxygen atoms in total. The van der Waals surface area contributed by atoms with Gasteiger partial charge in [0.05, 0.1) is 6.07 Å². The summed E-state index contributed by atoms with van der Waals surface area (Å²) in [6, 6.07) is 0.151. The summed E-state index contributed by atoms with van der Waals surface area (Å²) in [7, 11) is 1.49. The Labute approximate surface area is 105 Å². The van der Waals surface area contributed by atoms with E-state index < -0.39 is 23.2 Å². The van der Waals surface area contributed by atoms with Crippen molar-refractivity contribution in [1.29, 1.82) is 0 Å². The normalized spacial score (nSPS) is 19.1. The molecule has 1 N–H and O–H groups in total. The Bertz CT molecular complexity index is 554. The summed E-state index contributed by atoms with van der Waals surface area (Å²) in [5.74, 6) is -1.29. The second kappa shape index (κ2) is 4.73. The van der Waals surface area contributed by atoms with Gasteiger partial charge < -0.3 is 19.2 Å². The fraction of sp³-hybridized carbons (Fsp3) is 0.300. The number of aromatic hydroxyl groups is 1. The second-order valence-corrected chi connectivity index (χ2v) is 4.54. The van der Waals surface area contributed by atoms with E-state index in [0.29, 0.717) is 0 Å². The number of hydrogen-bond acceptors (Lipinski definition) is 7. The van der Waals surface area contributed by atoms with E-state index in [1.807, 2.05) is 0 Å². The lowest BCUT2D eigenvalue weighted by Gasteiger charge is -2.16. The first-order valence-corrected chi connectivity index (χ1v) is 5.90. The van der Waals surface area contributed by atoms with Crippen LogP contribution < -0.4 is 10.2 Å². The Morgan fingerprint density at radius 2 is 2.33 bits per heavy atom. The van der Waals surface area contributed by atoms with Crippen molar-refractivity contribution in [2.75, 3.05) is 12.8 Å². The van der Waals surface area contributed by atoms with Crippen LogP contribution in [0.25, 0.3) is 0 Å². The minimum absolute atomic E-state index is 0.218. The van der Waals surface area contributed by atoms with Crippen molar-refractivity contribution in [3.8, 4) is 11.7 Å². The molecule has 1 amide bonds. The summed E-state index contributed by atoms with van der Waals surface area (Å²) < 4.78 is 9.56. The first kappa shape index (κ1) is 12.5. The smallest absolute Gasteiger partial charge is 0.337 e. The highest BCUT2D eigenvalue weighted by Crippen LogP contribution is 2.23. The number of esters is 1. The minimum atomic E-state index is -0.714. The quantitative estimate of drug-likeness (QED) is 0.778. The molecule has 1 unspecified atom stereocenters. The van der Waals surface area contributed by atoms with Gasteiger partial charge in [0.1, 0.15) is 12.3 Å². The highest BCUT2D eigenvalue weighted by atomic mass is 32.2. The van der Waals surface area contributed by atoms with Crippen LogP contribution in [-0.2, 0) is 4.79 Å². The summed E-state index contributed by atoms with van der Waals surface area (Å²) in [6.45, 7) is 0. The molecule has 1 saturated heterocycles. The van der Waals surface area contributed by atoms with Gasteiger partial charge in [-0.25, -0.2) is 4.79 Å². The predicted octanol–water partition coefficient (Wildman–Crippen LogP) is 0.418. The van der Waals surface area contributed by atoms with E-state index in [9.17, 15) is 14.4 Å². The molecule has 1 aromatic rings. The van der Waals surface area contributed by atoms with Crippen molar-refractivity contribution in [1.82, 2.24) is 4.90 Å². The third-order valence-corrected chi connectivity index (χ3v) is 3.40. The molecule has 0 spiro atoms. The molecule has 1 atom stereocenters. The van der Waals surface area contributed by atoms with Gasteiger partial charge in [0.25, 0.3) is 11.2 Å². The van der Waals surface area contributed by atoms with Gasteiger partial charge in [-0.3, -0.25) is 9.59 Å². The van der Waals surface area contributed by atoms with E-state index in [2.05, 4.69) is 0 Å². The Hall–Kier alpha value is -1.96. The molecule has 1 aliphatic rings. The molecule has 1 fully saturated rings. The van der Waals surface area contributed by atoms with E-state index >= 15 is 0 Å². The number of likely N-dealkylation sites (N-methyl/N-ethyl adjacent to an activating group) is 1. The molecule has 0 aliphatic carbocycles. The van der Waals surface area contributed by atoms with Crippen LogP contribution in [0.3, 0.4) is 0 Å². The zero-order valence-corrected chi connectivity index (χ0v) is 10.1. The lowest BCUT2D eigenvalue weighted by atomic mass is 10.3. The van der Waals surface area contributed by atoms with Crippen molar-refractivity contribution in [3.63, 3.8) is 0 Å². The maximum absolute atomic E-state index is 11.7. The van der Waals surface area contributed by atoms with Gasteiger partial charge in [0.15, 0.2) is 5.75 Å². The van der Waals surface area contributed by atoms with Gasteiger partial charge in [0, 0.05) is 12.8 Å².